The van der Waals surface area contributed by atoms with Crippen LogP contribution in [0.25, 0.3) is 33.6 Å². The Kier molecular flexibility index (Phi) is 9.94. The third-order valence-electron chi connectivity index (χ3n) is 8.62. The van der Waals surface area contributed by atoms with Crippen molar-refractivity contribution in [1.82, 2.24) is 0 Å². The molecular weight excluding hydrogens is 637 g/mol. The lowest BCUT2D eigenvalue weighted by Gasteiger charge is -2.23. The van der Waals surface area contributed by atoms with Gasteiger partial charge in [0.2, 0.25) is 0 Å². The fraction of sp³-hybridized carbons (Fsp3) is 0.0217. The standard InChI is InChI=1S/C46H33Cl2N/c47-43-26-15-27-44(48)42(43)32-49-31-41-38-25-14-13-20-35(38)28-29-39(41)45(36-21-9-3-10-22-36)46(37-23-11-4-12-24-37)40(34-18-7-2-8-19-34)30-33-16-5-1-6-17-33/h1-30,32H,31H2/b40-30+,46-45-,49-32?. The molecule has 0 aromatic heterocycles. The topological polar surface area (TPSA) is 12.4 Å². The molecule has 0 saturated carbocycles. The van der Waals surface area contributed by atoms with Gasteiger partial charge >= 0.3 is 0 Å². The maximum absolute atomic E-state index is 6.55. The highest BCUT2D eigenvalue weighted by atomic mass is 35.5. The first kappa shape index (κ1) is 32.1. The predicted octanol–water partition coefficient (Wildman–Crippen LogP) is 13.0. The molecule has 0 aliphatic carbocycles. The van der Waals surface area contributed by atoms with Gasteiger partial charge in [0.15, 0.2) is 0 Å². The fourth-order valence-electron chi connectivity index (χ4n) is 6.31. The maximum atomic E-state index is 6.55. The van der Waals surface area contributed by atoms with Crippen LogP contribution >= 0.6 is 23.2 Å². The van der Waals surface area contributed by atoms with E-state index in [4.69, 9.17) is 28.2 Å². The van der Waals surface area contributed by atoms with Gasteiger partial charge in [0.25, 0.3) is 0 Å². The van der Waals surface area contributed by atoms with Gasteiger partial charge in [0.1, 0.15) is 0 Å². The summed E-state index contributed by atoms with van der Waals surface area (Å²) < 4.78 is 0. The number of rotatable bonds is 9. The van der Waals surface area contributed by atoms with Crippen LogP contribution in [-0.4, -0.2) is 6.21 Å². The van der Waals surface area contributed by atoms with Gasteiger partial charge in [-0.15, -0.1) is 0 Å². The molecule has 7 aromatic rings. The second-order valence-electron chi connectivity index (χ2n) is 11.7. The summed E-state index contributed by atoms with van der Waals surface area (Å²) in [4.78, 5) is 4.99. The normalized spacial score (nSPS) is 12.3. The Hall–Kier alpha value is -5.47. The van der Waals surface area contributed by atoms with E-state index in [1.54, 1.807) is 6.21 Å². The largest absolute Gasteiger partial charge is 0.288 e. The fourth-order valence-corrected chi connectivity index (χ4v) is 6.81. The summed E-state index contributed by atoms with van der Waals surface area (Å²) in [6.45, 7) is 0.430. The molecule has 236 valence electrons. The number of nitrogens with zero attached hydrogens (tertiary/aromatic N) is 1. The van der Waals surface area contributed by atoms with Crippen molar-refractivity contribution in [3.63, 3.8) is 0 Å². The van der Waals surface area contributed by atoms with E-state index in [0.29, 0.717) is 22.2 Å². The Labute approximate surface area is 298 Å². The molecule has 0 bridgehead atoms. The van der Waals surface area contributed by atoms with Gasteiger partial charge < -0.3 is 0 Å². The van der Waals surface area contributed by atoms with Gasteiger partial charge in [0.05, 0.1) is 16.6 Å². The zero-order valence-corrected chi connectivity index (χ0v) is 28.3. The summed E-state index contributed by atoms with van der Waals surface area (Å²) in [6, 6.07) is 61.1. The zero-order chi connectivity index (χ0) is 33.4. The van der Waals surface area contributed by atoms with Crippen LogP contribution in [-0.2, 0) is 6.54 Å². The number of benzene rings is 7. The minimum atomic E-state index is 0.430. The van der Waals surface area contributed by atoms with Crippen molar-refractivity contribution in [2.75, 3.05) is 0 Å². The summed E-state index contributed by atoms with van der Waals surface area (Å²) in [7, 11) is 0. The first-order valence-electron chi connectivity index (χ1n) is 16.3. The molecule has 0 N–H and O–H groups in total. The van der Waals surface area contributed by atoms with Crippen molar-refractivity contribution in [2.24, 2.45) is 4.99 Å². The molecule has 1 nitrogen and oxygen atoms in total. The van der Waals surface area contributed by atoms with Crippen LogP contribution in [0.15, 0.2) is 181 Å². The summed E-state index contributed by atoms with van der Waals surface area (Å²) in [6.07, 6.45) is 4.10. The van der Waals surface area contributed by atoms with Crippen LogP contribution in [0, 0.1) is 0 Å². The number of hydrogen-bond donors (Lipinski definition) is 0. The molecule has 0 aliphatic heterocycles. The van der Waals surface area contributed by atoms with E-state index in [0.717, 1.165) is 60.9 Å². The molecule has 49 heavy (non-hydrogen) atoms. The van der Waals surface area contributed by atoms with Crippen LogP contribution in [0.5, 0.6) is 0 Å². The van der Waals surface area contributed by atoms with Crippen molar-refractivity contribution >= 4 is 63.0 Å². The van der Waals surface area contributed by atoms with E-state index in [9.17, 15) is 0 Å². The highest BCUT2D eigenvalue weighted by Gasteiger charge is 2.22. The number of halogens is 2. The molecule has 0 amide bonds. The number of aliphatic imine (C=N–C) groups is 1. The van der Waals surface area contributed by atoms with Crippen LogP contribution in [0.2, 0.25) is 10.0 Å². The lowest BCUT2D eigenvalue weighted by molar-refractivity contribution is 1.08. The SMILES string of the molecule is Clc1cccc(Cl)c1C=NCc1c(/C(=C(\C(=C\c2ccccc2)c2ccccc2)c2ccccc2)c2ccccc2)ccc2ccccc12. The van der Waals surface area contributed by atoms with E-state index >= 15 is 0 Å². The molecule has 0 atom stereocenters. The lowest BCUT2D eigenvalue weighted by atomic mass is 9.80. The van der Waals surface area contributed by atoms with Crippen molar-refractivity contribution in [2.45, 2.75) is 6.54 Å². The molecule has 0 aliphatic rings. The molecule has 0 unspecified atom stereocenters. The van der Waals surface area contributed by atoms with E-state index in [2.05, 4.69) is 164 Å². The van der Waals surface area contributed by atoms with E-state index in [1.165, 1.54) is 0 Å². The Balaban J connectivity index is 1.57. The van der Waals surface area contributed by atoms with Crippen molar-refractivity contribution < 1.29 is 0 Å². The van der Waals surface area contributed by atoms with E-state index in [-0.39, 0.29) is 0 Å². The van der Waals surface area contributed by atoms with Crippen LogP contribution < -0.4 is 0 Å². The molecule has 0 fully saturated rings. The average molecular weight is 671 g/mol. The highest BCUT2D eigenvalue weighted by molar-refractivity contribution is 6.38. The first-order chi connectivity index (χ1) is 24.2. The minimum absolute atomic E-state index is 0.430. The quantitative estimate of drug-likeness (QED) is 0.0823. The Bertz CT molecular complexity index is 2270. The molecular formula is C46H33Cl2N. The molecule has 7 rings (SSSR count). The van der Waals surface area contributed by atoms with Crippen molar-refractivity contribution in [3.8, 4) is 0 Å². The molecule has 0 heterocycles. The van der Waals surface area contributed by atoms with E-state index in [1.807, 2.05) is 18.2 Å². The number of fused-ring (bicyclic) bond motifs is 1. The van der Waals surface area contributed by atoms with Crippen LogP contribution in [0.1, 0.15) is 38.9 Å². The third-order valence-corrected chi connectivity index (χ3v) is 9.28. The maximum Gasteiger partial charge on any atom is 0.0652 e. The molecule has 0 radical (unpaired) electrons. The molecule has 0 saturated heterocycles. The van der Waals surface area contributed by atoms with E-state index < -0.39 is 0 Å². The summed E-state index contributed by atoms with van der Waals surface area (Å²) in [5, 5.41) is 3.45. The highest BCUT2D eigenvalue weighted by Crippen LogP contribution is 2.44. The van der Waals surface area contributed by atoms with Crippen LogP contribution in [0.3, 0.4) is 0 Å². The predicted molar refractivity (Wildman–Crippen MR) is 211 cm³/mol. The average Bonchev–Trinajstić information content (AvgIpc) is 3.16. The van der Waals surface area contributed by atoms with Crippen LogP contribution in [0.4, 0.5) is 0 Å². The second kappa shape index (κ2) is 15.2. The van der Waals surface area contributed by atoms with Crippen molar-refractivity contribution in [3.05, 3.63) is 225 Å². The monoisotopic (exact) mass is 669 g/mol. The van der Waals surface area contributed by atoms with Gasteiger partial charge in [-0.05, 0) is 79.1 Å². The Morgan fingerprint density at radius 1 is 0.510 bits per heavy atom. The lowest BCUT2D eigenvalue weighted by Crippen LogP contribution is -2.02. The third kappa shape index (κ3) is 7.20. The summed E-state index contributed by atoms with van der Waals surface area (Å²) in [5.74, 6) is 0. The van der Waals surface area contributed by atoms with Gasteiger partial charge in [0, 0.05) is 11.8 Å². The number of allylic oxidation sites excluding steroid dienone is 2. The van der Waals surface area contributed by atoms with Gasteiger partial charge in [-0.3, -0.25) is 4.99 Å². The van der Waals surface area contributed by atoms with Gasteiger partial charge in [-0.2, -0.15) is 0 Å². The van der Waals surface area contributed by atoms with Gasteiger partial charge in [-0.1, -0.05) is 187 Å². The molecule has 7 aromatic carbocycles. The zero-order valence-electron chi connectivity index (χ0n) is 26.8. The number of hydrogen-bond acceptors (Lipinski definition) is 1. The molecule has 3 heteroatoms. The smallest absolute Gasteiger partial charge is 0.0652 e. The van der Waals surface area contributed by atoms with Gasteiger partial charge in [-0.25, -0.2) is 0 Å². The van der Waals surface area contributed by atoms with Crippen molar-refractivity contribution in [1.29, 1.82) is 0 Å². The Morgan fingerprint density at radius 3 is 1.71 bits per heavy atom. The first-order valence-corrected chi connectivity index (χ1v) is 17.1. The molecule has 0 spiro atoms. The summed E-state index contributed by atoms with van der Waals surface area (Å²) >= 11 is 13.1. The summed E-state index contributed by atoms with van der Waals surface area (Å²) in [5.41, 5.74) is 10.8. The Morgan fingerprint density at radius 2 is 1.06 bits per heavy atom. The minimum Gasteiger partial charge on any atom is -0.288 e. The second-order valence-corrected chi connectivity index (χ2v) is 12.5.